The van der Waals surface area contributed by atoms with Crippen molar-refractivity contribution in [2.45, 2.75) is 13.8 Å². The third-order valence-corrected chi connectivity index (χ3v) is 0.348. The summed E-state index contributed by atoms with van der Waals surface area (Å²) in [5.74, 6) is -0.211. The second-order valence-corrected chi connectivity index (χ2v) is 0.925. The van der Waals surface area contributed by atoms with Gasteiger partial charge in [-0.3, -0.25) is 4.79 Å². The van der Waals surface area contributed by atoms with Crippen molar-refractivity contribution in [2.75, 3.05) is 6.61 Å². The van der Waals surface area contributed by atoms with Crippen LogP contribution < -0.4 is 0 Å². The third kappa shape index (κ3) is 16.1. The second kappa shape index (κ2) is 10.4. The van der Waals surface area contributed by atoms with Crippen molar-refractivity contribution in [3.05, 3.63) is 0 Å². The molecule has 8 heavy (non-hydrogen) atoms. The number of carbonyl (C=O) groups is 1. The van der Waals surface area contributed by atoms with E-state index in [1.54, 1.807) is 6.92 Å². The van der Waals surface area contributed by atoms with Gasteiger partial charge in [-0.05, 0) is 6.92 Å². The first-order valence-corrected chi connectivity index (χ1v) is 1.90. The van der Waals surface area contributed by atoms with Crippen molar-refractivity contribution in [2.24, 2.45) is 0 Å². The fourth-order valence-electron chi connectivity index (χ4n) is 0.203. The van der Waals surface area contributed by atoms with Crippen LogP contribution in [0, 0.1) is 0 Å². The smallest absolute Gasteiger partial charge is 0.302 e. The van der Waals surface area contributed by atoms with Crippen LogP contribution >= 0.6 is 0 Å². The second-order valence-electron chi connectivity index (χ2n) is 0.925. The van der Waals surface area contributed by atoms with E-state index in [-0.39, 0.29) is 41.0 Å². The quantitative estimate of drug-likeness (QED) is 0.349. The van der Waals surface area contributed by atoms with Crippen LogP contribution in [0.2, 0.25) is 0 Å². The molecule has 0 rings (SSSR count). The Morgan fingerprint density at radius 3 is 2.00 bits per heavy atom. The van der Waals surface area contributed by atoms with Crippen LogP contribution in [-0.4, -0.2) is 47.6 Å². The van der Waals surface area contributed by atoms with E-state index >= 15 is 0 Å². The van der Waals surface area contributed by atoms with E-state index in [0.717, 1.165) is 0 Å². The van der Waals surface area contributed by atoms with Gasteiger partial charge >= 0.3 is 5.97 Å². The van der Waals surface area contributed by atoms with Crippen molar-refractivity contribution in [1.29, 1.82) is 0 Å². The molecule has 0 aromatic rings. The molecule has 4 heteroatoms. The van der Waals surface area contributed by atoms with Gasteiger partial charge in [-0.2, -0.15) is 0 Å². The molecule has 3 nitrogen and oxygen atoms in total. The minimum absolute atomic E-state index is 0. The molecule has 0 bridgehead atoms. The van der Waals surface area contributed by atoms with Crippen LogP contribution in [0.5, 0.6) is 0 Å². The maximum Gasteiger partial charge on any atom is 0.302 e. The van der Waals surface area contributed by atoms with E-state index < -0.39 is 0 Å². The van der Waals surface area contributed by atoms with E-state index in [1.165, 1.54) is 6.92 Å². The maximum absolute atomic E-state index is 9.82. The van der Waals surface area contributed by atoms with Gasteiger partial charge in [-0.1, -0.05) is 0 Å². The van der Waals surface area contributed by atoms with Gasteiger partial charge in [0.2, 0.25) is 0 Å². The zero-order valence-electron chi connectivity index (χ0n) is 5.52. The van der Waals surface area contributed by atoms with Crippen LogP contribution in [0.25, 0.3) is 0 Å². The molecule has 1 radical (unpaired) electrons. The molecule has 0 amide bonds. The number of esters is 1. The van der Waals surface area contributed by atoms with Crippen molar-refractivity contribution in [1.82, 2.24) is 0 Å². The zero-order chi connectivity index (χ0) is 4.99. The molecule has 0 aliphatic rings. The van der Waals surface area contributed by atoms with Gasteiger partial charge in [0.15, 0.2) is 0 Å². The molecule has 0 saturated carbocycles. The van der Waals surface area contributed by atoms with E-state index in [2.05, 4.69) is 4.74 Å². The maximum atomic E-state index is 9.82. The summed E-state index contributed by atoms with van der Waals surface area (Å²) in [5, 5.41) is 0. The van der Waals surface area contributed by atoms with Gasteiger partial charge < -0.3 is 10.2 Å². The topological polar surface area (TPSA) is 57.8 Å². The Balaban J connectivity index is -0.000000125. The minimum atomic E-state index is -0.211. The molecule has 2 N–H and O–H groups in total. The molecular weight excluding hydrogens is 119 g/mol. The molecule has 0 saturated heterocycles. The van der Waals surface area contributed by atoms with Crippen LogP contribution in [0.3, 0.4) is 0 Å². The molecule has 0 aliphatic heterocycles. The molecular formula is C4H10NaO3. The Morgan fingerprint density at radius 1 is 1.62 bits per heavy atom. The normalized spacial score (nSPS) is 5.75. The molecule has 0 aliphatic carbocycles. The van der Waals surface area contributed by atoms with E-state index in [1.807, 2.05) is 0 Å². The average Bonchev–Trinajstić information content (AvgIpc) is 1.35. The minimum Gasteiger partial charge on any atom is -0.466 e. The van der Waals surface area contributed by atoms with Crippen molar-refractivity contribution >= 4 is 35.5 Å². The third-order valence-electron chi connectivity index (χ3n) is 0.348. The summed E-state index contributed by atoms with van der Waals surface area (Å²) in [6, 6.07) is 0. The monoisotopic (exact) mass is 129 g/mol. The van der Waals surface area contributed by atoms with Gasteiger partial charge in [-0.25, -0.2) is 0 Å². The molecule has 45 valence electrons. The zero-order valence-corrected chi connectivity index (χ0v) is 7.52. The summed E-state index contributed by atoms with van der Waals surface area (Å²) in [7, 11) is 0. The van der Waals surface area contributed by atoms with Crippen molar-refractivity contribution in [3.63, 3.8) is 0 Å². The Bertz CT molecular complexity index is 55.2. The summed E-state index contributed by atoms with van der Waals surface area (Å²) in [6.07, 6.45) is 0. The van der Waals surface area contributed by atoms with E-state index in [0.29, 0.717) is 6.61 Å². The Kier molecular flexibility index (Phi) is 20.6. The molecule has 0 fully saturated rings. The van der Waals surface area contributed by atoms with Gasteiger partial charge in [-0.15, -0.1) is 0 Å². The summed E-state index contributed by atoms with van der Waals surface area (Å²) < 4.78 is 4.40. The molecule has 0 aromatic carbocycles. The molecule has 0 spiro atoms. The van der Waals surface area contributed by atoms with Crippen LogP contribution in [0.4, 0.5) is 0 Å². The van der Waals surface area contributed by atoms with Crippen molar-refractivity contribution in [3.8, 4) is 0 Å². The summed E-state index contributed by atoms with van der Waals surface area (Å²) >= 11 is 0. The number of hydrogen-bond donors (Lipinski definition) is 0. The Hall–Kier alpha value is 0.430. The van der Waals surface area contributed by atoms with Gasteiger partial charge in [0.05, 0.1) is 6.61 Å². The number of carbonyl (C=O) groups excluding carboxylic acids is 1. The fourth-order valence-corrected chi connectivity index (χ4v) is 0.203. The van der Waals surface area contributed by atoms with E-state index in [4.69, 9.17) is 0 Å². The van der Waals surface area contributed by atoms with Gasteiger partial charge in [0.1, 0.15) is 0 Å². The molecule has 0 atom stereocenters. The summed E-state index contributed by atoms with van der Waals surface area (Å²) in [4.78, 5) is 9.82. The van der Waals surface area contributed by atoms with Crippen LogP contribution in [0.15, 0.2) is 0 Å². The van der Waals surface area contributed by atoms with Crippen molar-refractivity contribution < 1.29 is 15.0 Å². The predicted octanol–water partition coefficient (Wildman–Crippen LogP) is -0.636. The molecule has 0 aromatic heterocycles. The standard InChI is InChI=1S/C4H8O2.Na.H2O/c1-3-6-4(2)5;;/h3H2,1-2H3;;1H2. The number of ether oxygens (including phenoxy) is 1. The van der Waals surface area contributed by atoms with E-state index in [9.17, 15) is 4.79 Å². The Morgan fingerprint density at radius 2 is 2.00 bits per heavy atom. The van der Waals surface area contributed by atoms with Crippen LogP contribution in [-0.2, 0) is 9.53 Å². The molecule has 0 heterocycles. The van der Waals surface area contributed by atoms with Gasteiger partial charge in [0, 0.05) is 36.5 Å². The average molecular weight is 129 g/mol. The first kappa shape index (κ1) is 15.8. The number of rotatable bonds is 1. The largest absolute Gasteiger partial charge is 0.466 e. The first-order valence-electron chi connectivity index (χ1n) is 1.90. The summed E-state index contributed by atoms with van der Waals surface area (Å²) in [6.45, 7) is 3.65. The fraction of sp³-hybridized carbons (Fsp3) is 0.750. The van der Waals surface area contributed by atoms with Gasteiger partial charge in [0.25, 0.3) is 0 Å². The summed E-state index contributed by atoms with van der Waals surface area (Å²) in [5.41, 5.74) is 0. The molecule has 0 unspecified atom stereocenters. The Labute approximate surface area is 71.0 Å². The predicted molar refractivity (Wildman–Crippen MR) is 31.7 cm³/mol. The first-order chi connectivity index (χ1) is 2.77. The SMILES string of the molecule is CCOC(C)=O.O.[Na]. The number of hydrogen-bond acceptors (Lipinski definition) is 2. The van der Waals surface area contributed by atoms with Crippen LogP contribution in [0.1, 0.15) is 13.8 Å².